The standard InChI is InChI=1S/C11H11N5O3/c1-6(11(18)19)12-10(17)8-4-2-3-7(5-8)9-13-15-16-14-9/h2-6H,1H3,(H,12,17)(H,18,19)(H,13,14,15,16)/t6-/m0/s1. The number of aromatic nitrogens is 4. The van der Waals surface area contributed by atoms with Crippen molar-refractivity contribution >= 4 is 11.9 Å². The number of hydrogen-bond donors (Lipinski definition) is 3. The zero-order valence-corrected chi connectivity index (χ0v) is 9.99. The number of nitrogens with one attached hydrogen (secondary N) is 2. The Morgan fingerprint density at radius 3 is 2.84 bits per heavy atom. The van der Waals surface area contributed by atoms with E-state index in [-0.39, 0.29) is 0 Å². The quantitative estimate of drug-likeness (QED) is 0.716. The van der Waals surface area contributed by atoms with Crippen LogP contribution in [0, 0.1) is 0 Å². The van der Waals surface area contributed by atoms with Crippen molar-refractivity contribution in [3.8, 4) is 11.4 Å². The van der Waals surface area contributed by atoms with E-state index in [4.69, 9.17) is 5.11 Å². The Bertz CT molecular complexity index is 596. The summed E-state index contributed by atoms with van der Waals surface area (Å²) < 4.78 is 0. The van der Waals surface area contributed by atoms with E-state index < -0.39 is 17.9 Å². The van der Waals surface area contributed by atoms with E-state index in [9.17, 15) is 9.59 Å². The lowest BCUT2D eigenvalue weighted by Crippen LogP contribution is -2.38. The molecule has 98 valence electrons. The maximum Gasteiger partial charge on any atom is 0.325 e. The van der Waals surface area contributed by atoms with Gasteiger partial charge in [0.15, 0.2) is 0 Å². The van der Waals surface area contributed by atoms with Gasteiger partial charge in [-0.25, -0.2) is 0 Å². The van der Waals surface area contributed by atoms with Gasteiger partial charge >= 0.3 is 5.97 Å². The van der Waals surface area contributed by atoms with Gasteiger partial charge in [0.05, 0.1) is 0 Å². The van der Waals surface area contributed by atoms with Crippen molar-refractivity contribution in [2.75, 3.05) is 0 Å². The minimum atomic E-state index is -1.09. The molecule has 2 aromatic rings. The summed E-state index contributed by atoms with van der Waals surface area (Å²) in [6.45, 7) is 1.39. The second kappa shape index (κ2) is 5.25. The normalized spacial score (nSPS) is 11.8. The number of tetrazole rings is 1. The van der Waals surface area contributed by atoms with Gasteiger partial charge in [-0.15, -0.1) is 10.2 Å². The molecule has 0 aliphatic heterocycles. The van der Waals surface area contributed by atoms with Crippen molar-refractivity contribution in [3.05, 3.63) is 29.8 Å². The summed E-state index contributed by atoms with van der Waals surface area (Å²) in [6, 6.07) is 5.57. The lowest BCUT2D eigenvalue weighted by atomic mass is 10.1. The lowest BCUT2D eigenvalue weighted by Gasteiger charge is -2.09. The summed E-state index contributed by atoms with van der Waals surface area (Å²) in [7, 11) is 0. The Labute approximate surface area is 107 Å². The van der Waals surface area contributed by atoms with Gasteiger partial charge in [0, 0.05) is 11.1 Å². The highest BCUT2D eigenvalue weighted by molar-refractivity contribution is 5.97. The molecule has 1 heterocycles. The summed E-state index contributed by atoms with van der Waals surface area (Å²) in [5, 5.41) is 24.5. The van der Waals surface area contributed by atoms with Gasteiger partial charge in [-0.3, -0.25) is 9.59 Å². The van der Waals surface area contributed by atoms with Crippen LogP contribution in [0.3, 0.4) is 0 Å². The molecule has 19 heavy (non-hydrogen) atoms. The van der Waals surface area contributed by atoms with Gasteiger partial charge in [-0.2, -0.15) is 5.21 Å². The van der Waals surface area contributed by atoms with E-state index in [0.717, 1.165) is 0 Å². The van der Waals surface area contributed by atoms with Crippen molar-refractivity contribution in [2.45, 2.75) is 13.0 Å². The molecular weight excluding hydrogens is 250 g/mol. The minimum absolute atomic E-state index is 0.329. The third-order valence-electron chi connectivity index (χ3n) is 2.45. The van der Waals surface area contributed by atoms with Crippen molar-refractivity contribution in [3.63, 3.8) is 0 Å². The SMILES string of the molecule is C[C@H](NC(=O)c1cccc(-c2nn[nH]n2)c1)C(=O)O. The van der Waals surface area contributed by atoms with Crippen LogP contribution in [0.25, 0.3) is 11.4 Å². The van der Waals surface area contributed by atoms with Crippen molar-refractivity contribution in [1.29, 1.82) is 0 Å². The van der Waals surface area contributed by atoms with E-state index in [0.29, 0.717) is 17.0 Å². The van der Waals surface area contributed by atoms with Gasteiger partial charge in [0.2, 0.25) is 5.82 Å². The predicted molar refractivity (Wildman–Crippen MR) is 64.2 cm³/mol. The van der Waals surface area contributed by atoms with Crippen LogP contribution in [0.5, 0.6) is 0 Å². The summed E-state index contributed by atoms with van der Waals surface area (Å²) in [6.07, 6.45) is 0. The molecule has 2 rings (SSSR count). The van der Waals surface area contributed by atoms with E-state index in [2.05, 4.69) is 25.9 Å². The van der Waals surface area contributed by atoms with Crippen LogP contribution in [-0.4, -0.2) is 43.6 Å². The second-order valence-electron chi connectivity index (χ2n) is 3.85. The van der Waals surface area contributed by atoms with Gasteiger partial charge < -0.3 is 10.4 Å². The number of rotatable bonds is 4. The first-order valence-corrected chi connectivity index (χ1v) is 5.45. The number of H-pyrrole nitrogens is 1. The fourth-order valence-corrected chi connectivity index (χ4v) is 1.43. The van der Waals surface area contributed by atoms with E-state index >= 15 is 0 Å². The van der Waals surface area contributed by atoms with Crippen LogP contribution >= 0.6 is 0 Å². The molecule has 1 aromatic heterocycles. The van der Waals surface area contributed by atoms with Crippen molar-refractivity contribution in [1.82, 2.24) is 25.9 Å². The summed E-state index contributed by atoms with van der Waals surface area (Å²) in [4.78, 5) is 22.5. The number of nitrogens with zero attached hydrogens (tertiary/aromatic N) is 3. The van der Waals surface area contributed by atoms with E-state index in [1.165, 1.54) is 6.92 Å². The van der Waals surface area contributed by atoms with Crippen LogP contribution in [0.4, 0.5) is 0 Å². The van der Waals surface area contributed by atoms with Gasteiger partial charge in [-0.05, 0) is 24.3 Å². The number of aromatic amines is 1. The fourth-order valence-electron chi connectivity index (χ4n) is 1.43. The van der Waals surface area contributed by atoms with Crippen molar-refractivity contribution < 1.29 is 14.7 Å². The number of aliphatic carboxylic acids is 1. The largest absolute Gasteiger partial charge is 0.480 e. The first-order chi connectivity index (χ1) is 9.08. The molecule has 0 unspecified atom stereocenters. The Kier molecular flexibility index (Phi) is 3.51. The Morgan fingerprint density at radius 1 is 1.42 bits per heavy atom. The Balaban J connectivity index is 2.19. The molecule has 8 nitrogen and oxygen atoms in total. The zero-order chi connectivity index (χ0) is 13.8. The maximum atomic E-state index is 11.8. The van der Waals surface area contributed by atoms with Gasteiger partial charge in [0.1, 0.15) is 6.04 Å². The molecular formula is C11H11N5O3. The highest BCUT2D eigenvalue weighted by Crippen LogP contribution is 2.14. The topological polar surface area (TPSA) is 121 Å². The molecule has 0 spiro atoms. The van der Waals surface area contributed by atoms with Gasteiger partial charge in [-0.1, -0.05) is 12.1 Å². The van der Waals surface area contributed by atoms with Crippen LogP contribution in [0.2, 0.25) is 0 Å². The highest BCUT2D eigenvalue weighted by atomic mass is 16.4. The predicted octanol–water partition coefficient (Wildman–Crippen LogP) is 0.0696. The smallest absolute Gasteiger partial charge is 0.325 e. The molecule has 0 saturated heterocycles. The summed E-state index contributed by atoms with van der Waals surface area (Å²) in [5.41, 5.74) is 0.944. The number of carbonyl (C=O) groups is 2. The molecule has 0 aliphatic rings. The molecule has 8 heteroatoms. The number of amides is 1. The summed E-state index contributed by atoms with van der Waals surface area (Å²) >= 11 is 0. The van der Waals surface area contributed by atoms with Crippen LogP contribution in [0.1, 0.15) is 17.3 Å². The minimum Gasteiger partial charge on any atom is -0.480 e. The monoisotopic (exact) mass is 261 g/mol. The number of hydrogen-bond acceptors (Lipinski definition) is 5. The molecule has 1 aromatic carbocycles. The molecule has 1 atom stereocenters. The van der Waals surface area contributed by atoms with E-state index in [1.807, 2.05) is 0 Å². The zero-order valence-electron chi connectivity index (χ0n) is 9.99. The van der Waals surface area contributed by atoms with Crippen LogP contribution in [-0.2, 0) is 4.79 Å². The van der Waals surface area contributed by atoms with Crippen LogP contribution in [0.15, 0.2) is 24.3 Å². The molecule has 0 radical (unpaired) electrons. The fraction of sp³-hybridized carbons (Fsp3) is 0.182. The number of carboxylic acids is 1. The second-order valence-corrected chi connectivity index (χ2v) is 3.85. The van der Waals surface area contributed by atoms with E-state index in [1.54, 1.807) is 24.3 Å². The lowest BCUT2D eigenvalue weighted by molar-refractivity contribution is -0.138. The first-order valence-electron chi connectivity index (χ1n) is 5.45. The Hall–Kier alpha value is -2.77. The van der Waals surface area contributed by atoms with Crippen molar-refractivity contribution in [2.24, 2.45) is 0 Å². The highest BCUT2D eigenvalue weighted by Gasteiger charge is 2.16. The summed E-state index contributed by atoms with van der Waals surface area (Å²) in [5.74, 6) is -1.20. The number of carbonyl (C=O) groups excluding carboxylic acids is 1. The molecule has 0 bridgehead atoms. The number of benzene rings is 1. The van der Waals surface area contributed by atoms with Gasteiger partial charge in [0.25, 0.3) is 5.91 Å². The average molecular weight is 261 g/mol. The number of carboxylic acid groups (broad SMARTS) is 1. The average Bonchev–Trinajstić information content (AvgIpc) is 2.92. The third-order valence-corrected chi connectivity index (χ3v) is 2.45. The third kappa shape index (κ3) is 2.92. The van der Waals surface area contributed by atoms with Crippen LogP contribution < -0.4 is 5.32 Å². The molecule has 1 amide bonds. The molecule has 0 aliphatic carbocycles. The molecule has 0 fully saturated rings. The Morgan fingerprint density at radius 2 is 2.21 bits per heavy atom. The first kappa shape index (κ1) is 12.7. The maximum absolute atomic E-state index is 11.8. The molecule has 0 saturated carbocycles. The molecule has 3 N–H and O–H groups in total.